The number of para-hydroxylation sites is 1. The average molecular weight is 331 g/mol. The van der Waals surface area contributed by atoms with Gasteiger partial charge in [-0.2, -0.15) is 0 Å². The number of rotatable bonds is 2. The van der Waals surface area contributed by atoms with Crippen molar-refractivity contribution in [1.29, 1.82) is 0 Å². The molecule has 0 atom stereocenters. The topological polar surface area (TPSA) is 27.1 Å². The first-order chi connectivity index (χ1) is 7.16. The van der Waals surface area contributed by atoms with E-state index in [1.54, 1.807) is 17.8 Å². The molecule has 1 aromatic carbocycles. The number of benzene rings is 1. The van der Waals surface area contributed by atoms with Gasteiger partial charge in [0, 0.05) is 13.1 Å². The van der Waals surface area contributed by atoms with Crippen molar-refractivity contribution in [1.82, 2.24) is 9.78 Å². The van der Waals surface area contributed by atoms with Gasteiger partial charge in [0.1, 0.15) is 0 Å². The maximum Gasteiger partial charge on any atom is 0.239 e. The fourth-order valence-corrected chi connectivity index (χ4v) is 2.25. The zero-order chi connectivity index (χ0) is 10.8. The number of ether oxygens (including phenoxy) is 1. The molecule has 0 spiro atoms. The number of nitrogens with zero attached hydrogens (tertiary/aromatic N) is 2. The minimum atomic E-state index is 0.519. The summed E-state index contributed by atoms with van der Waals surface area (Å²) in [7, 11) is 1.79. The molecule has 0 N–H and O–H groups in total. The molecular weight excluding hydrogens is 324 g/mol. The van der Waals surface area contributed by atoms with Crippen LogP contribution in [0.15, 0.2) is 33.2 Å². The fourth-order valence-electron chi connectivity index (χ4n) is 1.09. The molecule has 1 radical (unpaired) electrons. The zero-order valence-electron chi connectivity index (χ0n) is 7.87. The van der Waals surface area contributed by atoms with Crippen LogP contribution in [-0.4, -0.2) is 9.78 Å². The van der Waals surface area contributed by atoms with E-state index in [2.05, 4.69) is 43.2 Å². The van der Waals surface area contributed by atoms with Crippen molar-refractivity contribution in [3.8, 4) is 11.6 Å². The predicted molar refractivity (Wildman–Crippen MR) is 64.0 cm³/mol. The van der Waals surface area contributed by atoms with Crippen LogP contribution in [0.2, 0.25) is 0 Å². The molecule has 0 fully saturated rings. The molecule has 15 heavy (non-hydrogen) atoms. The van der Waals surface area contributed by atoms with Gasteiger partial charge in [-0.25, -0.2) is 0 Å². The van der Waals surface area contributed by atoms with Gasteiger partial charge < -0.3 is 4.74 Å². The Morgan fingerprint density at radius 2 is 2.00 bits per heavy atom. The Kier molecular flexibility index (Phi) is 3.11. The van der Waals surface area contributed by atoms with Gasteiger partial charge in [0.25, 0.3) is 0 Å². The van der Waals surface area contributed by atoms with E-state index < -0.39 is 0 Å². The monoisotopic (exact) mass is 329 g/mol. The van der Waals surface area contributed by atoms with Crippen LogP contribution in [0.4, 0.5) is 0 Å². The number of hydrogen-bond donors (Lipinski definition) is 0. The molecular formula is C10H7Br2N2O. The predicted octanol–water partition coefficient (Wildman–Crippen LogP) is 3.54. The first kappa shape index (κ1) is 10.7. The molecule has 0 aliphatic carbocycles. The van der Waals surface area contributed by atoms with Gasteiger partial charge in [0.15, 0.2) is 5.75 Å². The number of aromatic nitrogens is 2. The second-order valence-electron chi connectivity index (χ2n) is 2.89. The maximum atomic E-state index is 5.60. The lowest BCUT2D eigenvalue weighted by Crippen LogP contribution is -1.91. The summed E-state index contributed by atoms with van der Waals surface area (Å²) >= 11 is 6.82. The van der Waals surface area contributed by atoms with E-state index in [-0.39, 0.29) is 0 Å². The normalized spacial score (nSPS) is 10.3. The van der Waals surface area contributed by atoms with E-state index >= 15 is 0 Å². The standard InChI is InChI=1S/C10H7Br2N2O/c1-14-6-5-9(13-14)15-10-7(11)3-2-4-8(10)12/h2-5H,1H3. The van der Waals surface area contributed by atoms with Crippen molar-refractivity contribution >= 4 is 31.9 Å². The van der Waals surface area contributed by atoms with Crippen LogP contribution < -0.4 is 4.74 Å². The molecule has 2 aromatic rings. The molecule has 0 aliphatic heterocycles. The van der Waals surface area contributed by atoms with Crippen LogP contribution in [0.5, 0.6) is 11.6 Å². The summed E-state index contributed by atoms with van der Waals surface area (Å²) in [6.45, 7) is 0. The summed E-state index contributed by atoms with van der Waals surface area (Å²) in [4.78, 5) is 0. The van der Waals surface area contributed by atoms with E-state index in [0.29, 0.717) is 11.6 Å². The van der Waals surface area contributed by atoms with Gasteiger partial charge >= 0.3 is 0 Å². The Balaban J connectivity index is 2.31. The molecule has 3 nitrogen and oxygen atoms in total. The lowest BCUT2D eigenvalue weighted by atomic mass is 10.3. The minimum Gasteiger partial charge on any atom is -0.435 e. The second-order valence-corrected chi connectivity index (χ2v) is 4.60. The van der Waals surface area contributed by atoms with Crippen molar-refractivity contribution in [2.45, 2.75) is 0 Å². The van der Waals surface area contributed by atoms with Gasteiger partial charge in [-0.15, -0.1) is 5.10 Å². The largest absolute Gasteiger partial charge is 0.435 e. The summed E-state index contributed by atoms with van der Waals surface area (Å²) in [5.74, 6) is 1.23. The summed E-state index contributed by atoms with van der Waals surface area (Å²) in [6.07, 6.45) is 2.88. The van der Waals surface area contributed by atoms with E-state index in [4.69, 9.17) is 4.74 Å². The van der Waals surface area contributed by atoms with Crippen molar-refractivity contribution in [3.63, 3.8) is 0 Å². The third-order valence-electron chi connectivity index (χ3n) is 1.75. The van der Waals surface area contributed by atoms with Crippen LogP contribution >= 0.6 is 31.9 Å². The van der Waals surface area contributed by atoms with Gasteiger partial charge in [0.05, 0.1) is 15.1 Å². The third kappa shape index (κ3) is 2.41. The smallest absolute Gasteiger partial charge is 0.239 e. The summed E-state index contributed by atoms with van der Waals surface area (Å²) in [5.41, 5.74) is 0. The second kappa shape index (κ2) is 4.37. The van der Waals surface area contributed by atoms with E-state index in [1.165, 1.54) is 0 Å². The summed E-state index contributed by atoms with van der Waals surface area (Å²) in [6, 6.07) is 7.43. The zero-order valence-corrected chi connectivity index (χ0v) is 11.0. The van der Waals surface area contributed by atoms with Gasteiger partial charge in [-0.1, -0.05) is 6.07 Å². The Morgan fingerprint density at radius 1 is 1.33 bits per heavy atom. The Bertz CT molecular complexity index is 462. The highest BCUT2D eigenvalue weighted by molar-refractivity contribution is 9.11. The third-order valence-corrected chi connectivity index (χ3v) is 3.00. The molecule has 0 amide bonds. The molecule has 1 aromatic heterocycles. The minimum absolute atomic E-state index is 0.519. The quantitative estimate of drug-likeness (QED) is 0.842. The summed E-state index contributed by atoms with van der Waals surface area (Å²) < 4.78 is 8.93. The Hall–Kier alpha value is -0.810. The van der Waals surface area contributed by atoms with Crippen LogP contribution in [-0.2, 0) is 7.05 Å². The van der Waals surface area contributed by atoms with Gasteiger partial charge in [-0.3, -0.25) is 4.68 Å². The Labute approximate surface area is 104 Å². The molecule has 0 bridgehead atoms. The van der Waals surface area contributed by atoms with Crippen LogP contribution in [0.25, 0.3) is 0 Å². The van der Waals surface area contributed by atoms with E-state index in [1.807, 2.05) is 18.2 Å². The van der Waals surface area contributed by atoms with Gasteiger partial charge in [-0.05, 0) is 44.0 Å². The highest BCUT2D eigenvalue weighted by atomic mass is 79.9. The van der Waals surface area contributed by atoms with Crippen LogP contribution in [0.1, 0.15) is 0 Å². The summed E-state index contributed by atoms with van der Waals surface area (Å²) in [5, 5.41) is 4.09. The lowest BCUT2D eigenvalue weighted by Gasteiger charge is -2.06. The molecule has 0 aliphatic rings. The number of halogens is 2. The van der Waals surface area contributed by atoms with Crippen molar-refractivity contribution in [2.24, 2.45) is 7.05 Å². The molecule has 77 valence electrons. The number of aryl methyl sites for hydroxylation is 1. The lowest BCUT2D eigenvalue weighted by molar-refractivity contribution is 0.448. The highest BCUT2D eigenvalue weighted by Gasteiger charge is 2.08. The first-order valence-electron chi connectivity index (χ1n) is 4.20. The van der Waals surface area contributed by atoms with Crippen molar-refractivity contribution in [2.75, 3.05) is 0 Å². The molecule has 5 heteroatoms. The molecule has 0 unspecified atom stereocenters. The van der Waals surface area contributed by atoms with Crippen molar-refractivity contribution < 1.29 is 4.74 Å². The molecule has 0 saturated carbocycles. The molecule has 0 saturated heterocycles. The molecule has 2 rings (SSSR count). The SMILES string of the molecule is Cn1[c]cc(Oc2c(Br)cccc2Br)n1. The average Bonchev–Trinajstić information content (AvgIpc) is 2.58. The maximum absolute atomic E-state index is 5.60. The number of hydrogen-bond acceptors (Lipinski definition) is 2. The van der Waals surface area contributed by atoms with Gasteiger partial charge in [0.2, 0.25) is 5.88 Å². The fraction of sp³-hybridized carbons (Fsp3) is 0.100. The highest BCUT2D eigenvalue weighted by Crippen LogP contribution is 2.35. The van der Waals surface area contributed by atoms with Crippen LogP contribution in [0.3, 0.4) is 0 Å². The van der Waals surface area contributed by atoms with Crippen molar-refractivity contribution in [3.05, 3.63) is 39.4 Å². The van der Waals surface area contributed by atoms with Crippen LogP contribution in [0, 0.1) is 6.20 Å². The van der Waals surface area contributed by atoms with E-state index in [0.717, 1.165) is 8.95 Å². The Morgan fingerprint density at radius 3 is 2.53 bits per heavy atom. The van der Waals surface area contributed by atoms with E-state index in [9.17, 15) is 0 Å². The first-order valence-corrected chi connectivity index (χ1v) is 5.79. The molecule has 1 heterocycles.